The second-order valence-corrected chi connectivity index (χ2v) is 8.22. The number of amides is 2. The summed E-state index contributed by atoms with van der Waals surface area (Å²) in [6, 6.07) is 0.524. The number of hydrogen-bond donors (Lipinski definition) is 3. The van der Waals surface area contributed by atoms with Crippen molar-refractivity contribution in [3.8, 4) is 0 Å². The van der Waals surface area contributed by atoms with Crippen LogP contribution in [0.25, 0.3) is 0 Å². The largest absolute Gasteiger partial charge is 0.352 e. The quantitative estimate of drug-likeness (QED) is 0.303. The summed E-state index contributed by atoms with van der Waals surface area (Å²) in [5.41, 5.74) is 0. The summed E-state index contributed by atoms with van der Waals surface area (Å²) in [6.45, 7) is 1.77. The smallest absolute Gasteiger partial charge is 0.239 e. The van der Waals surface area contributed by atoms with E-state index < -0.39 is 0 Å². The van der Waals surface area contributed by atoms with Gasteiger partial charge in [0.2, 0.25) is 11.8 Å². The lowest BCUT2D eigenvalue weighted by Gasteiger charge is -2.23. The lowest BCUT2D eigenvalue weighted by molar-refractivity contribution is -0.134. The molecule has 0 aromatic carbocycles. The molecule has 3 rings (SSSR count). The number of nitrogens with zero attached hydrogens (tertiary/aromatic N) is 2. The van der Waals surface area contributed by atoms with E-state index in [4.69, 9.17) is 0 Å². The van der Waals surface area contributed by atoms with Crippen molar-refractivity contribution in [1.29, 1.82) is 0 Å². The van der Waals surface area contributed by atoms with Crippen LogP contribution < -0.4 is 16.0 Å². The molecule has 2 amide bonds. The van der Waals surface area contributed by atoms with Crippen LogP contribution in [0.15, 0.2) is 4.99 Å². The summed E-state index contributed by atoms with van der Waals surface area (Å²) in [4.78, 5) is 30.9. The molecule has 0 aromatic rings. The minimum absolute atomic E-state index is 0. The van der Waals surface area contributed by atoms with Crippen molar-refractivity contribution in [2.24, 2.45) is 10.9 Å². The molecule has 0 bridgehead atoms. The molecule has 0 radical (unpaired) electrons. The Balaban J connectivity index is 0.00000280. The number of hydrogen-bond acceptors (Lipinski definition) is 3. The maximum absolute atomic E-state index is 12.6. The molecule has 7 nitrogen and oxygen atoms in total. The van der Waals surface area contributed by atoms with Crippen molar-refractivity contribution >= 4 is 41.8 Å². The van der Waals surface area contributed by atoms with Gasteiger partial charge in [-0.1, -0.05) is 32.1 Å². The normalized spacial score (nSPS) is 24.0. The number of carbonyl (C=O) groups is 2. The zero-order valence-electron chi connectivity index (χ0n) is 17.0. The van der Waals surface area contributed by atoms with E-state index in [9.17, 15) is 9.59 Å². The van der Waals surface area contributed by atoms with Gasteiger partial charge in [-0.15, -0.1) is 24.0 Å². The molecule has 0 aromatic heterocycles. The third-order valence-corrected chi connectivity index (χ3v) is 6.16. The average Bonchev–Trinajstić information content (AvgIpc) is 3.37. The monoisotopic (exact) mass is 505 g/mol. The van der Waals surface area contributed by atoms with Crippen LogP contribution in [0.4, 0.5) is 0 Å². The highest BCUT2D eigenvalue weighted by molar-refractivity contribution is 14.0. The van der Waals surface area contributed by atoms with Crippen LogP contribution in [-0.2, 0) is 9.59 Å². The standard InChI is InChI=1S/C20H35N5O2.HI/c1-21-20(22-13-18(26)23-16-9-3-2-4-10-16)24-17-11-12-25(14-17)19(27)15-7-5-6-8-15;/h15-17H,2-14H2,1H3,(H,23,26)(H2,21,22,24);1H. The first-order valence-electron chi connectivity index (χ1n) is 10.7. The summed E-state index contributed by atoms with van der Waals surface area (Å²) >= 11 is 0. The van der Waals surface area contributed by atoms with E-state index in [1.807, 2.05) is 4.90 Å². The molecule has 8 heteroatoms. The van der Waals surface area contributed by atoms with Crippen molar-refractivity contribution in [1.82, 2.24) is 20.9 Å². The fourth-order valence-corrected chi connectivity index (χ4v) is 4.59. The van der Waals surface area contributed by atoms with Crippen LogP contribution in [-0.4, -0.2) is 61.4 Å². The molecular formula is C20H36IN5O2. The molecule has 1 aliphatic heterocycles. The Hall–Kier alpha value is -1.06. The molecule has 2 saturated carbocycles. The van der Waals surface area contributed by atoms with Crippen LogP contribution in [0.5, 0.6) is 0 Å². The van der Waals surface area contributed by atoms with Gasteiger partial charge >= 0.3 is 0 Å². The highest BCUT2D eigenvalue weighted by Crippen LogP contribution is 2.27. The minimum Gasteiger partial charge on any atom is -0.352 e. The van der Waals surface area contributed by atoms with Gasteiger partial charge in [0.1, 0.15) is 0 Å². The molecule has 3 fully saturated rings. The van der Waals surface area contributed by atoms with Gasteiger partial charge in [-0.3, -0.25) is 14.6 Å². The first-order chi connectivity index (χ1) is 13.2. The van der Waals surface area contributed by atoms with Crippen LogP contribution in [0.2, 0.25) is 0 Å². The van der Waals surface area contributed by atoms with Gasteiger partial charge in [-0.2, -0.15) is 0 Å². The van der Waals surface area contributed by atoms with E-state index in [1.54, 1.807) is 7.05 Å². The molecular weight excluding hydrogens is 469 g/mol. The van der Waals surface area contributed by atoms with Crippen LogP contribution >= 0.6 is 24.0 Å². The van der Waals surface area contributed by atoms with Gasteiger partial charge in [0.25, 0.3) is 0 Å². The molecule has 0 spiro atoms. The van der Waals surface area contributed by atoms with E-state index in [0.717, 1.165) is 45.2 Å². The summed E-state index contributed by atoms with van der Waals surface area (Å²) in [6.07, 6.45) is 11.3. The van der Waals surface area contributed by atoms with E-state index in [2.05, 4.69) is 20.9 Å². The summed E-state index contributed by atoms with van der Waals surface area (Å²) in [5.74, 6) is 1.22. The second kappa shape index (κ2) is 11.8. The summed E-state index contributed by atoms with van der Waals surface area (Å²) < 4.78 is 0. The Morgan fingerprint density at radius 3 is 2.29 bits per heavy atom. The fraction of sp³-hybridized carbons (Fsp3) is 0.850. The first-order valence-corrected chi connectivity index (χ1v) is 10.7. The molecule has 28 heavy (non-hydrogen) atoms. The van der Waals surface area contributed by atoms with Crippen LogP contribution in [0.1, 0.15) is 64.2 Å². The maximum atomic E-state index is 12.6. The maximum Gasteiger partial charge on any atom is 0.239 e. The molecule has 2 aliphatic carbocycles. The molecule has 1 saturated heterocycles. The third kappa shape index (κ3) is 6.77. The molecule has 1 heterocycles. The molecule has 1 atom stereocenters. The Labute approximate surface area is 185 Å². The third-order valence-electron chi connectivity index (χ3n) is 6.16. The van der Waals surface area contributed by atoms with Gasteiger partial charge in [0, 0.05) is 38.1 Å². The lowest BCUT2D eigenvalue weighted by atomic mass is 9.95. The number of nitrogens with one attached hydrogen (secondary N) is 3. The Morgan fingerprint density at radius 2 is 1.61 bits per heavy atom. The lowest BCUT2D eigenvalue weighted by Crippen LogP contribution is -2.49. The first kappa shape index (κ1) is 23.2. The number of rotatable bonds is 5. The number of aliphatic imine (C=N–C) groups is 1. The van der Waals surface area contributed by atoms with E-state index in [-0.39, 0.29) is 48.4 Å². The summed E-state index contributed by atoms with van der Waals surface area (Å²) in [7, 11) is 1.71. The number of likely N-dealkylation sites (tertiary alicyclic amines) is 1. The van der Waals surface area contributed by atoms with Gasteiger partial charge in [-0.05, 0) is 32.1 Å². The van der Waals surface area contributed by atoms with Crippen LogP contribution in [0.3, 0.4) is 0 Å². The summed E-state index contributed by atoms with van der Waals surface area (Å²) in [5, 5.41) is 9.58. The Morgan fingerprint density at radius 1 is 0.929 bits per heavy atom. The Kier molecular flexibility index (Phi) is 9.81. The predicted molar refractivity (Wildman–Crippen MR) is 122 cm³/mol. The van der Waals surface area contributed by atoms with E-state index in [0.29, 0.717) is 17.9 Å². The molecule has 1 unspecified atom stereocenters. The average molecular weight is 505 g/mol. The zero-order valence-corrected chi connectivity index (χ0v) is 19.4. The predicted octanol–water partition coefficient (Wildman–Crippen LogP) is 2.01. The Bertz CT molecular complexity index is 545. The van der Waals surface area contributed by atoms with Crippen molar-refractivity contribution in [3.05, 3.63) is 0 Å². The number of carbonyl (C=O) groups excluding carboxylic acids is 2. The van der Waals surface area contributed by atoms with Gasteiger partial charge in [0.15, 0.2) is 5.96 Å². The van der Waals surface area contributed by atoms with E-state index in [1.165, 1.54) is 32.1 Å². The molecule has 3 N–H and O–H groups in total. The van der Waals surface area contributed by atoms with Crippen molar-refractivity contribution < 1.29 is 9.59 Å². The molecule has 160 valence electrons. The second-order valence-electron chi connectivity index (χ2n) is 8.22. The van der Waals surface area contributed by atoms with Gasteiger partial charge in [0.05, 0.1) is 6.54 Å². The number of guanidine groups is 1. The van der Waals surface area contributed by atoms with Gasteiger partial charge < -0.3 is 20.9 Å². The zero-order chi connectivity index (χ0) is 19.1. The molecule has 3 aliphatic rings. The topological polar surface area (TPSA) is 85.8 Å². The van der Waals surface area contributed by atoms with Crippen molar-refractivity contribution in [3.63, 3.8) is 0 Å². The van der Waals surface area contributed by atoms with Gasteiger partial charge in [-0.25, -0.2) is 0 Å². The minimum atomic E-state index is 0. The van der Waals surface area contributed by atoms with E-state index >= 15 is 0 Å². The number of halogens is 1. The highest BCUT2D eigenvalue weighted by atomic mass is 127. The van der Waals surface area contributed by atoms with Crippen molar-refractivity contribution in [2.75, 3.05) is 26.7 Å². The van der Waals surface area contributed by atoms with Crippen molar-refractivity contribution in [2.45, 2.75) is 76.3 Å². The highest BCUT2D eigenvalue weighted by Gasteiger charge is 2.32. The van der Waals surface area contributed by atoms with Crippen LogP contribution in [0, 0.1) is 5.92 Å². The SMILES string of the molecule is CN=C(NCC(=O)NC1CCCCC1)NC1CCN(C(=O)C2CCCC2)C1.I. The fourth-order valence-electron chi connectivity index (χ4n) is 4.59.